The van der Waals surface area contributed by atoms with Crippen molar-refractivity contribution in [1.29, 1.82) is 0 Å². The fourth-order valence-electron chi connectivity index (χ4n) is 1.78. The van der Waals surface area contributed by atoms with Crippen LogP contribution in [0.25, 0.3) is 0 Å². The first-order valence-electron chi connectivity index (χ1n) is 5.69. The van der Waals surface area contributed by atoms with E-state index in [1.165, 1.54) is 6.33 Å². The molecule has 0 atom stereocenters. The molecule has 8 nitrogen and oxygen atoms in total. The zero-order valence-corrected chi connectivity index (χ0v) is 10.2. The highest BCUT2D eigenvalue weighted by atomic mass is 16.4. The Bertz CT molecular complexity index is 558. The summed E-state index contributed by atoms with van der Waals surface area (Å²) in [4.78, 5) is 15.1. The lowest BCUT2D eigenvalue weighted by atomic mass is 10.2. The number of rotatable bonds is 5. The van der Waals surface area contributed by atoms with Crippen molar-refractivity contribution in [3.05, 3.63) is 23.5 Å². The summed E-state index contributed by atoms with van der Waals surface area (Å²) in [5, 5.41) is 20.6. The molecule has 2 aromatic heterocycles. The Morgan fingerprint density at radius 1 is 1.39 bits per heavy atom. The SMILES string of the molecule is CCc1c(C(=O)O)nnn1Cc1ncnn1CC. The third-order valence-electron chi connectivity index (χ3n) is 2.66. The first-order valence-corrected chi connectivity index (χ1v) is 5.69. The monoisotopic (exact) mass is 250 g/mol. The Morgan fingerprint density at radius 3 is 2.78 bits per heavy atom. The highest BCUT2D eigenvalue weighted by Crippen LogP contribution is 2.08. The average molecular weight is 250 g/mol. The topological polar surface area (TPSA) is 98.7 Å². The molecule has 2 rings (SSSR count). The highest BCUT2D eigenvalue weighted by Gasteiger charge is 2.18. The number of aryl methyl sites for hydroxylation is 1. The standard InChI is InChI=1S/C10H14N6O2/c1-3-7-9(10(17)18)13-14-16(7)5-8-11-6-12-15(8)4-2/h6H,3-5H2,1-2H3,(H,17,18). The zero-order chi connectivity index (χ0) is 13.1. The molecule has 2 aromatic rings. The van der Waals surface area contributed by atoms with Crippen LogP contribution in [0.4, 0.5) is 0 Å². The lowest BCUT2D eigenvalue weighted by Crippen LogP contribution is -2.13. The van der Waals surface area contributed by atoms with Gasteiger partial charge in [0.05, 0.1) is 5.69 Å². The fraction of sp³-hybridized carbons (Fsp3) is 0.500. The molecule has 2 heterocycles. The molecule has 0 aliphatic heterocycles. The van der Waals surface area contributed by atoms with Crippen molar-refractivity contribution in [3.63, 3.8) is 0 Å². The minimum absolute atomic E-state index is 0.0000591. The minimum Gasteiger partial charge on any atom is -0.476 e. The predicted octanol–water partition coefficient (Wildman–Crippen LogP) is 0.198. The number of nitrogens with zero attached hydrogens (tertiary/aromatic N) is 6. The van der Waals surface area contributed by atoms with E-state index in [4.69, 9.17) is 5.11 Å². The predicted molar refractivity (Wildman–Crippen MR) is 61.2 cm³/mol. The van der Waals surface area contributed by atoms with Crippen molar-refractivity contribution >= 4 is 5.97 Å². The molecule has 1 N–H and O–H groups in total. The molecular formula is C10H14N6O2. The molecule has 96 valence electrons. The van der Waals surface area contributed by atoms with Gasteiger partial charge in [0.25, 0.3) is 0 Å². The van der Waals surface area contributed by atoms with E-state index < -0.39 is 5.97 Å². The van der Waals surface area contributed by atoms with Gasteiger partial charge in [-0.1, -0.05) is 12.1 Å². The van der Waals surface area contributed by atoms with Crippen LogP contribution in [-0.2, 0) is 19.5 Å². The van der Waals surface area contributed by atoms with E-state index in [2.05, 4.69) is 20.4 Å². The summed E-state index contributed by atoms with van der Waals surface area (Å²) in [6.07, 6.45) is 2.02. The second-order valence-corrected chi connectivity index (χ2v) is 3.69. The molecule has 0 amide bonds. The van der Waals surface area contributed by atoms with Crippen LogP contribution in [-0.4, -0.2) is 40.8 Å². The van der Waals surface area contributed by atoms with Crippen molar-refractivity contribution in [1.82, 2.24) is 29.8 Å². The van der Waals surface area contributed by atoms with E-state index in [-0.39, 0.29) is 5.69 Å². The Labute approximate surface area is 103 Å². The quantitative estimate of drug-likeness (QED) is 0.813. The molecule has 0 saturated carbocycles. The van der Waals surface area contributed by atoms with E-state index >= 15 is 0 Å². The Hall–Kier alpha value is -2.25. The molecule has 0 spiro atoms. The van der Waals surface area contributed by atoms with Crippen LogP contribution >= 0.6 is 0 Å². The van der Waals surface area contributed by atoms with E-state index in [1.54, 1.807) is 9.36 Å². The molecule has 18 heavy (non-hydrogen) atoms. The second kappa shape index (κ2) is 4.94. The number of aromatic nitrogens is 6. The van der Waals surface area contributed by atoms with E-state index in [0.717, 1.165) is 5.82 Å². The third-order valence-corrected chi connectivity index (χ3v) is 2.66. The maximum atomic E-state index is 11.0. The van der Waals surface area contributed by atoms with Crippen molar-refractivity contribution in [2.45, 2.75) is 33.4 Å². The molecular weight excluding hydrogens is 236 g/mol. The fourth-order valence-corrected chi connectivity index (χ4v) is 1.78. The maximum Gasteiger partial charge on any atom is 0.358 e. The number of carboxylic acids is 1. The van der Waals surface area contributed by atoms with Gasteiger partial charge in [-0.05, 0) is 13.3 Å². The summed E-state index contributed by atoms with van der Waals surface area (Å²) >= 11 is 0. The van der Waals surface area contributed by atoms with Gasteiger partial charge in [-0.2, -0.15) is 5.10 Å². The minimum atomic E-state index is -1.06. The molecule has 8 heteroatoms. The van der Waals surface area contributed by atoms with Gasteiger partial charge in [-0.25, -0.2) is 19.1 Å². The molecule has 0 aliphatic carbocycles. The largest absolute Gasteiger partial charge is 0.476 e. The van der Waals surface area contributed by atoms with Crippen molar-refractivity contribution in [3.8, 4) is 0 Å². The number of aromatic carboxylic acids is 1. The summed E-state index contributed by atoms with van der Waals surface area (Å²) < 4.78 is 3.29. The van der Waals surface area contributed by atoms with Crippen molar-refractivity contribution < 1.29 is 9.90 Å². The Kier molecular flexibility index (Phi) is 3.35. The molecule has 0 unspecified atom stereocenters. The van der Waals surface area contributed by atoms with Gasteiger partial charge in [0.1, 0.15) is 18.7 Å². The summed E-state index contributed by atoms with van der Waals surface area (Å²) in [6.45, 7) is 4.91. The molecule has 0 bridgehead atoms. The van der Waals surface area contributed by atoms with Gasteiger partial charge >= 0.3 is 5.97 Å². The van der Waals surface area contributed by atoms with Crippen LogP contribution in [0.2, 0.25) is 0 Å². The van der Waals surface area contributed by atoms with Crippen LogP contribution in [0, 0.1) is 0 Å². The third kappa shape index (κ3) is 2.08. The van der Waals surface area contributed by atoms with Crippen LogP contribution < -0.4 is 0 Å². The first kappa shape index (κ1) is 12.2. The highest BCUT2D eigenvalue weighted by molar-refractivity contribution is 5.86. The number of hydrogen-bond donors (Lipinski definition) is 1. The molecule has 0 radical (unpaired) electrons. The van der Waals surface area contributed by atoms with Gasteiger partial charge in [0.2, 0.25) is 0 Å². The van der Waals surface area contributed by atoms with E-state index in [0.29, 0.717) is 25.2 Å². The summed E-state index contributed by atoms with van der Waals surface area (Å²) in [7, 11) is 0. The molecule has 0 aliphatic rings. The normalized spacial score (nSPS) is 10.8. The first-order chi connectivity index (χ1) is 8.67. The molecule has 0 aromatic carbocycles. The summed E-state index contributed by atoms with van der Waals surface area (Å²) in [5.74, 6) is -0.330. The number of carboxylic acid groups (broad SMARTS) is 1. The molecule has 0 saturated heterocycles. The van der Waals surface area contributed by atoms with Crippen molar-refractivity contribution in [2.24, 2.45) is 0 Å². The average Bonchev–Trinajstić information content (AvgIpc) is 2.95. The van der Waals surface area contributed by atoms with Gasteiger partial charge in [-0.3, -0.25) is 0 Å². The number of carbonyl (C=O) groups is 1. The van der Waals surface area contributed by atoms with Crippen LogP contribution in [0.15, 0.2) is 6.33 Å². The van der Waals surface area contributed by atoms with Crippen LogP contribution in [0.5, 0.6) is 0 Å². The number of hydrogen-bond acceptors (Lipinski definition) is 5. The van der Waals surface area contributed by atoms with E-state index in [9.17, 15) is 4.79 Å². The second-order valence-electron chi connectivity index (χ2n) is 3.69. The lowest BCUT2D eigenvalue weighted by molar-refractivity contribution is 0.0689. The zero-order valence-electron chi connectivity index (χ0n) is 10.2. The Morgan fingerprint density at radius 2 is 2.17 bits per heavy atom. The van der Waals surface area contributed by atoms with Gasteiger partial charge in [0, 0.05) is 6.54 Å². The van der Waals surface area contributed by atoms with Gasteiger partial charge < -0.3 is 5.11 Å². The molecule has 0 fully saturated rings. The van der Waals surface area contributed by atoms with Gasteiger partial charge in [-0.15, -0.1) is 5.10 Å². The summed E-state index contributed by atoms with van der Waals surface area (Å²) in [6, 6.07) is 0. The summed E-state index contributed by atoms with van der Waals surface area (Å²) in [5.41, 5.74) is 0.591. The van der Waals surface area contributed by atoms with Gasteiger partial charge in [0.15, 0.2) is 5.69 Å². The lowest BCUT2D eigenvalue weighted by Gasteiger charge is -2.05. The van der Waals surface area contributed by atoms with Crippen LogP contribution in [0.1, 0.15) is 35.9 Å². The Balaban J connectivity index is 2.32. The maximum absolute atomic E-state index is 11.0. The van der Waals surface area contributed by atoms with Crippen molar-refractivity contribution in [2.75, 3.05) is 0 Å². The smallest absolute Gasteiger partial charge is 0.358 e. The van der Waals surface area contributed by atoms with E-state index in [1.807, 2.05) is 13.8 Å². The van der Waals surface area contributed by atoms with Crippen LogP contribution in [0.3, 0.4) is 0 Å².